The van der Waals surface area contributed by atoms with Crippen molar-refractivity contribution in [1.29, 1.82) is 0 Å². The Morgan fingerprint density at radius 1 is 0.704 bits per heavy atom. The van der Waals surface area contributed by atoms with E-state index in [0.717, 1.165) is 38.5 Å². The maximum atomic E-state index is 13.5. The minimum absolute atomic E-state index is 0.160. The second kappa shape index (κ2) is 21.8. The number of hydrogen-bond acceptors (Lipinski definition) is 21. The van der Waals surface area contributed by atoms with Gasteiger partial charge < -0.3 is 96.7 Å². The maximum Gasteiger partial charge on any atom is 0.345 e. The summed E-state index contributed by atoms with van der Waals surface area (Å²) in [5.41, 5.74) is 15.7. The Morgan fingerprint density at radius 3 is 1.78 bits per heavy atom. The van der Waals surface area contributed by atoms with Gasteiger partial charge in [0.15, 0.2) is 25.0 Å². The Hall–Kier alpha value is -1.58. The Labute approximate surface area is 312 Å². The highest BCUT2D eigenvalue weighted by Gasteiger charge is 2.61. The van der Waals surface area contributed by atoms with Gasteiger partial charge in [0, 0.05) is 0 Å². The van der Waals surface area contributed by atoms with Crippen molar-refractivity contribution < 1.29 is 89.1 Å². The molecule has 316 valence electrons. The summed E-state index contributed by atoms with van der Waals surface area (Å²) in [4.78, 5) is 25.8. The smallest absolute Gasteiger partial charge is 0.345 e. The van der Waals surface area contributed by atoms with Gasteiger partial charge in [-0.05, 0) is 6.42 Å². The monoisotopic (exact) mass is 787 g/mol. The number of ether oxygens (including phenoxy) is 6. The molecule has 3 saturated heterocycles. The van der Waals surface area contributed by atoms with E-state index in [4.69, 9.17) is 45.6 Å². The van der Waals surface area contributed by atoms with E-state index in [1.54, 1.807) is 0 Å². The molecule has 3 fully saturated rings. The number of aliphatic hydroxyl groups excluding tert-OH is 10. The van der Waals surface area contributed by atoms with Crippen LogP contribution >= 0.6 is 0 Å². The van der Waals surface area contributed by atoms with Crippen LogP contribution in [0.15, 0.2) is 0 Å². The van der Waals surface area contributed by atoms with Gasteiger partial charge in [0.2, 0.25) is 0 Å². The number of rotatable bonds is 20. The quantitative estimate of drug-likeness (QED) is 0.0310. The molecule has 0 saturated carbocycles. The highest BCUT2D eigenvalue weighted by molar-refractivity contribution is 5.89. The molecule has 0 bridgehead atoms. The summed E-state index contributed by atoms with van der Waals surface area (Å²) in [5.74, 6) is -4.55. The Kier molecular flexibility index (Phi) is 18.9. The first kappa shape index (κ1) is 46.8. The molecular formula is C33H61N3O18. The van der Waals surface area contributed by atoms with Crippen LogP contribution in [0.4, 0.5) is 0 Å². The third-order valence-electron chi connectivity index (χ3n) is 10.4. The topological polar surface area (TPSA) is 370 Å². The van der Waals surface area contributed by atoms with Crippen LogP contribution in [0.1, 0.15) is 64.7 Å². The molecule has 0 aromatic carbocycles. The molecule has 0 amide bonds. The zero-order valence-electron chi connectivity index (χ0n) is 30.4. The normalized spacial score (nSPS) is 39.9. The van der Waals surface area contributed by atoms with E-state index in [1.165, 1.54) is 0 Å². The number of carbonyl (C=O) groups is 2. The van der Waals surface area contributed by atoms with E-state index < -0.39 is 142 Å². The van der Waals surface area contributed by atoms with Gasteiger partial charge in [-0.3, -0.25) is 4.79 Å². The summed E-state index contributed by atoms with van der Waals surface area (Å²) in [5, 5.41) is 104. The van der Waals surface area contributed by atoms with Crippen LogP contribution in [-0.4, -0.2) is 187 Å². The summed E-state index contributed by atoms with van der Waals surface area (Å²) >= 11 is 0. The molecular weight excluding hydrogens is 726 g/mol. The average Bonchev–Trinajstić information content (AvgIpc) is 3.16. The van der Waals surface area contributed by atoms with Gasteiger partial charge in [-0.2, -0.15) is 0 Å². The molecule has 21 heteroatoms. The van der Waals surface area contributed by atoms with E-state index in [9.17, 15) is 60.7 Å². The number of nitrogens with two attached hydrogens (primary N) is 3. The fraction of sp³-hybridized carbons (Fsp3) is 0.939. The van der Waals surface area contributed by atoms with Crippen LogP contribution in [0, 0.1) is 5.92 Å². The molecule has 3 aliphatic rings. The van der Waals surface area contributed by atoms with Crippen molar-refractivity contribution in [2.24, 2.45) is 23.1 Å². The predicted molar refractivity (Wildman–Crippen MR) is 181 cm³/mol. The van der Waals surface area contributed by atoms with Crippen molar-refractivity contribution in [3.8, 4) is 0 Å². The van der Waals surface area contributed by atoms with Crippen molar-refractivity contribution >= 4 is 11.9 Å². The van der Waals surface area contributed by atoms with Crippen molar-refractivity contribution in [3.05, 3.63) is 0 Å². The van der Waals surface area contributed by atoms with E-state index in [-0.39, 0.29) is 6.42 Å². The highest BCUT2D eigenvalue weighted by Crippen LogP contribution is 2.40. The van der Waals surface area contributed by atoms with Gasteiger partial charge in [0.1, 0.15) is 54.4 Å². The second-order valence-electron chi connectivity index (χ2n) is 14.2. The minimum Gasteiger partial charge on any atom is -0.394 e. The second-order valence-corrected chi connectivity index (χ2v) is 14.2. The molecule has 0 aliphatic carbocycles. The summed E-state index contributed by atoms with van der Waals surface area (Å²) in [7, 11) is 0. The van der Waals surface area contributed by atoms with Crippen molar-refractivity contribution in [3.63, 3.8) is 0 Å². The molecule has 0 aromatic rings. The zero-order chi connectivity index (χ0) is 40.3. The molecule has 54 heavy (non-hydrogen) atoms. The fourth-order valence-electron chi connectivity index (χ4n) is 6.99. The van der Waals surface area contributed by atoms with Gasteiger partial charge in [-0.1, -0.05) is 58.3 Å². The molecule has 3 heterocycles. The van der Waals surface area contributed by atoms with Crippen LogP contribution < -0.4 is 17.2 Å². The summed E-state index contributed by atoms with van der Waals surface area (Å²) in [6.45, 7) is -1.73. The molecule has 4 unspecified atom stereocenters. The SMILES string of the molecule is CCCCCCCCCCC(C(=O)OC(=O)C(O)CO)[C@]1(CO)O[C@H](OC2[C@@H](CO)O[C@@H](OC3[C@@H](CO)O[C@@H](O)[C@H](N)[C@H]3O)[C@H](N)[C@H]2O)[C@H](N)[C@@H](O)[C@@H]1O. The molecule has 16 N–H and O–H groups in total. The first-order chi connectivity index (χ1) is 25.6. The number of hydrogen-bond donors (Lipinski definition) is 13. The Bertz CT molecular complexity index is 1140. The number of esters is 2. The first-order valence-electron chi connectivity index (χ1n) is 18.5. The molecule has 17 atom stereocenters. The lowest BCUT2D eigenvalue weighted by Gasteiger charge is -2.52. The maximum absolute atomic E-state index is 13.5. The Balaban J connectivity index is 1.85. The number of carbonyl (C=O) groups excluding carboxylic acids is 2. The zero-order valence-corrected chi connectivity index (χ0v) is 30.4. The van der Waals surface area contributed by atoms with E-state index in [1.807, 2.05) is 0 Å². The summed E-state index contributed by atoms with van der Waals surface area (Å²) in [6, 6.07) is -4.50. The van der Waals surface area contributed by atoms with Gasteiger partial charge in [0.25, 0.3) is 0 Å². The van der Waals surface area contributed by atoms with Gasteiger partial charge >= 0.3 is 11.9 Å². The fourth-order valence-corrected chi connectivity index (χ4v) is 6.99. The van der Waals surface area contributed by atoms with Crippen molar-refractivity contribution in [2.45, 2.75) is 162 Å². The van der Waals surface area contributed by atoms with Crippen molar-refractivity contribution in [1.82, 2.24) is 0 Å². The average molecular weight is 788 g/mol. The van der Waals surface area contributed by atoms with Crippen LogP contribution in [0.3, 0.4) is 0 Å². The first-order valence-corrected chi connectivity index (χ1v) is 18.5. The molecule has 0 radical (unpaired) electrons. The number of aliphatic hydroxyl groups is 10. The van der Waals surface area contributed by atoms with Crippen LogP contribution in [0.25, 0.3) is 0 Å². The van der Waals surface area contributed by atoms with E-state index in [0.29, 0.717) is 12.8 Å². The third kappa shape index (κ3) is 10.9. The Morgan fingerprint density at radius 2 is 1.22 bits per heavy atom. The standard InChI is InChI=1S/C33H61N3O18/c1-2-3-4-5-6-7-8-9-10-15(28(46)53-29(47)16(41)11-37)33(14-40)27(45)24(44)21(36)32(54-33)52-26-18(13-39)50-31(20(35)23(26)43)51-25-17(12-38)49-30(48)19(34)22(25)42/h15-27,30-32,37-45,48H,2-14,34-36H2,1H3/t15?,16?,17-,18-,19-,20-,21-,22-,23-,24-,25?,26?,27+,30-,31+,32+,33+/m1/s1. The highest BCUT2D eigenvalue weighted by atomic mass is 16.7. The lowest BCUT2D eigenvalue weighted by atomic mass is 9.74. The van der Waals surface area contributed by atoms with Gasteiger partial charge in [-0.15, -0.1) is 0 Å². The van der Waals surface area contributed by atoms with Crippen LogP contribution in [0.5, 0.6) is 0 Å². The molecule has 3 rings (SSSR count). The predicted octanol–water partition coefficient (Wildman–Crippen LogP) is -5.73. The van der Waals surface area contributed by atoms with Crippen molar-refractivity contribution in [2.75, 3.05) is 26.4 Å². The largest absolute Gasteiger partial charge is 0.394 e. The van der Waals surface area contributed by atoms with Crippen LogP contribution in [0.2, 0.25) is 0 Å². The minimum atomic E-state index is -2.45. The van der Waals surface area contributed by atoms with Crippen LogP contribution in [-0.2, 0) is 38.0 Å². The molecule has 0 spiro atoms. The summed E-state index contributed by atoms with van der Waals surface area (Å²) < 4.78 is 33.5. The molecule has 21 nitrogen and oxygen atoms in total. The third-order valence-corrected chi connectivity index (χ3v) is 10.4. The lowest BCUT2D eigenvalue weighted by Crippen LogP contribution is -2.73. The lowest BCUT2D eigenvalue weighted by molar-refractivity contribution is -0.365. The van der Waals surface area contributed by atoms with Gasteiger partial charge in [-0.25, -0.2) is 4.79 Å². The van der Waals surface area contributed by atoms with E-state index >= 15 is 0 Å². The van der Waals surface area contributed by atoms with E-state index in [2.05, 4.69) is 6.92 Å². The molecule has 3 aliphatic heterocycles. The number of unbranched alkanes of at least 4 members (excludes halogenated alkanes) is 7. The summed E-state index contributed by atoms with van der Waals surface area (Å²) in [6.07, 6.45) is -13.8. The van der Waals surface area contributed by atoms with Gasteiger partial charge in [0.05, 0.1) is 50.5 Å². The molecule has 0 aromatic heterocycles.